The molecule has 0 unspecified atom stereocenters. The zero-order valence-electron chi connectivity index (χ0n) is 17.7. The van der Waals surface area contributed by atoms with Gasteiger partial charge in [0.05, 0.1) is 0 Å². The fraction of sp³-hybridized carbons (Fsp3) is 0.304. The highest BCUT2D eigenvalue weighted by atomic mass is 79.9. The highest BCUT2D eigenvalue weighted by molar-refractivity contribution is 9.10. The van der Waals surface area contributed by atoms with Crippen LogP contribution in [0.15, 0.2) is 40.9 Å². The highest BCUT2D eigenvalue weighted by Gasteiger charge is 2.12. The number of ketones is 1. The average Bonchev–Trinajstić information content (AvgIpc) is 2.70. The minimum absolute atomic E-state index is 0.0185. The summed E-state index contributed by atoms with van der Waals surface area (Å²) < 4.78 is 5.93. The lowest BCUT2D eigenvalue weighted by Gasteiger charge is -2.11. The summed E-state index contributed by atoms with van der Waals surface area (Å²) in [5.41, 5.74) is 3.55. The first kappa shape index (κ1) is 24.3. The van der Waals surface area contributed by atoms with Crippen molar-refractivity contribution in [1.29, 1.82) is 0 Å². The van der Waals surface area contributed by atoms with Gasteiger partial charge in [-0.2, -0.15) is 0 Å². The summed E-state index contributed by atoms with van der Waals surface area (Å²) in [5.74, 6) is -1.34. The number of hydrogen-bond acceptors (Lipinski definition) is 5. The number of anilines is 2. The molecule has 0 heterocycles. The number of Topliss-reactive ketones (excluding diaryl/α,β-unsaturated/α-hetero) is 1. The summed E-state index contributed by atoms with van der Waals surface area (Å²) in [6.07, 6.45) is 0.414. The third-order valence-electron chi connectivity index (χ3n) is 4.48. The Labute approximate surface area is 189 Å². The Morgan fingerprint density at radius 2 is 1.68 bits per heavy atom. The quantitative estimate of drug-likeness (QED) is 0.397. The topological polar surface area (TPSA) is 102 Å². The summed E-state index contributed by atoms with van der Waals surface area (Å²) in [6.45, 7) is 4.84. The van der Waals surface area contributed by atoms with E-state index in [-0.39, 0.29) is 31.0 Å². The van der Waals surface area contributed by atoms with Gasteiger partial charge in [0.25, 0.3) is 5.91 Å². The highest BCUT2D eigenvalue weighted by Crippen LogP contribution is 2.24. The average molecular weight is 489 g/mol. The number of esters is 1. The minimum atomic E-state index is -0.551. The molecular formula is C23H25BrN2O5. The van der Waals surface area contributed by atoms with Crippen molar-refractivity contribution in [3.8, 4) is 0 Å². The molecule has 0 aliphatic rings. The summed E-state index contributed by atoms with van der Waals surface area (Å²) in [4.78, 5) is 47.3. The molecule has 0 spiro atoms. The molecule has 2 aromatic rings. The van der Waals surface area contributed by atoms with E-state index in [0.29, 0.717) is 16.9 Å². The van der Waals surface area contributed by atoms with Crippen LogP contribution in [0.25, 0.3) is 0 Å². The molecule has 2 aromatic carbocycles. The molecule has 0 atom stereocenters. The number of nitrogens with one attached hydrogen (secondary N) is 2. The van der Waals surface area contributed by atoms with Gasteiger partial charge in [-0.15, -0.1) is 0 Å². The Bertz CT molecular complexity index is 1000. The van der Waals surface area contributed by atoms with Gasteiger partial charge in [0.1, 0.15) is 0 Å². The third kappa shape index (κ3) is 7.97. The number of rotatable bonds is 9. The van der Waals surface area contributed by atoms with Crippen molar-refractivity contribution >= 4 is 50.9 Å². The Morgan fingerprint density at radius 1 is 0.935 bits per heavy atom. The summed E-state index contributed by atoms with van der Waals surface area (Å²) >= 11 is 3.43. The monoisotopic (exact) mass is 488 g/mol. The van der Waals surface area contributed by atoms with Crippen LogP contribution in [-0.4, -0.2) is 30.2 Å². The maximum atomic E-state index is 12.0. The van der Waals surface area contributed by atoms with Gasteiger partial charge in [0.2, 0.25) is 5.91 Å². The van der Waals surface area contributed by atoms with Crippen LogP contribution in [0.5, 0.6) is 0 Å². The minimum Gasteiger partial charge on any atom is -0.456 e. The SMILES string of the molecule is CC(=O)c1cccc(NC(=O)CCCC(=O)OCC(=O)Nc2cc(C)c(Br)cc2C)c1. The Kier molecular flexibility index (Phi) is 8.93. The van der Waals surface area contributed by atoms with Crippen LogP contribution in [-0.2, 0) is 19.1 Å². The molecule has 2 amide bonds. The van der Waals surface area contributed by atoms with E-state index >= 15 is 0 Å². The first-order valence-electron chi connectivity index (χ1n) is 9.79. The van der Waals surface area contributed by atoms with Crippen molar-refractivity contribution in [3.05, 3.63) is 57.6 Å². The second-order valence-electron chi connectivity index (χ2n) is 7.16. The molecule has 0 aromatic heterocycles. The van der Waals surface area contributed by atoms with E-state index in [2.05, 4.69) is 26.6 Å². The van der Waals surface area contributed by atoms with Gasteiger partial charge in [0.15, 0.2) is 12.4 Å². The molecule has 0 aliphatic carbocycles. The van der Waals surface area contributed by atoms with E-state index in [1.54, 1.807) is 24.3 Å². The van der Waals surface area contributed by atoms with Crippen molar-refractivity contribution in [2.24, 2.45) is 0 Å². The molecule has 8 heteroatoms. The largest absolute Gasteiger partial charge is 0.456 e. The van der Waals surface area contributed by atoms with Crippen LogP contribution in [0.1, 0.15) is 47.7 Å². The van der Waals surface area contributed by atoms with E-state index in [1.165, 1.54) is 6.92 Å². The molecule has 0 saturated heterocycles. The smallest absolute Gasteiger partial charge is 0.306 e. The molecule has 0 saturated carbocycles. The number of halogens is 1. The van der Waals surface area contributed by atoms with Gasteiger partial charge < -0.3 is 15.4 Å². The zero-order valence-corrected chi connectivity index (χ0v) is 19.3. The number of carbonyl (C=O) groups excluding carboxylic acids is 4. The van der Waals surface area contributed by atoms with Gasteiger partial charge in [-0.1, -0.05) is 28.1 Å². The predicted molar refractivity (Wildman–Crippen MR) is 122 cm³/mol. The number of aryl methyl sites for hydroxylation is 2. The zero-order chi connectivity index (χ0) is 23.0. The Morgan fingerprint density at radius 3 is 2.39 bits per heavy atom. The number of hydrogen-bond donors (Lipinski definition) is 2. The van der Waals surface area contributed by atoms with Crippen molar-refractivity contribution in [2.75, 3.05) is 17.2 Å². The fourth-order valence-electron chi connectivity index (χ4n) is 2.75. The van der Waals surface area contributed by atoms with Crippen molar-refractivity contribution in [1.82, 2.24) is 0 Å². The van der Waals surface area contributed by atoms with Crippen molar-refractivity contribution in [2.45, 2.75) is 40.0 Å². The van der Waals surface area contributed by atoms with Gasteiger partial charge in [-0.25, -0.2) is 0 Å². The van der Waals surface area contributed by atoms with Gasteiger partial charge >= 0.3 is 5.97 Å². The molecule has 2 N–H and O–H groups in total. The lowest BCUT2D eigenvalue weighted by Crippen LogP contribution is -2.21. The fourth-order valence-corrected chi connectivity index (χ4v) is 3.21. The van der Waals surface area contributed by atoms with Gasteiger partial charge in [-0.05, 0) is 62.6 Å². The maximum Gasteiger partial charge on any atom is 0.306 e. The van der Waals surface area contributed by atoms with Gasteiger partial charge in [0, 0.05) is 34.3 Å². The molecule has 0 aliphatic heterocycles. The van der Waals surface area contributed by atoms with Crippen LogP contribution in [0.2, 0.25) is 0 Å². The second-order valence-corrected chi connectivity index (χ2v) is 8.02. The molecule has 31 heavy (non-hydrogen) atoms. The molecule has 0 bridgehead atoms. The normalized spacial score (nSPS) is 10.3. The van der Waals surface area contributed by atoms with Crippen molar-refractivity contribution in [3.63, 3.8) is 0 Å². The second kappa shape index (κ2) is 11.4. The van der Waals surface area contributed by atoms with E-state index < -0.39 is 18.5 Å². The third-order valence-corrected chi connectivity index (χ3v) is 5.34. The summed E-state index contributed by atoms with van der Waals surface area (Å²) in [5, 5.41) is 5.41. The molecule has 0 fully saturated rings. The molecule has 2 rings (SSSR count). The number of amides is 2. The first-order chi connectivity index (χ1) is 14.7. The standard InChI is InChI=1S/C23H25BrN2O5/c1-14-11-20(15(2)10-19(14)24)26-22(29)13-31-23(30)9-5-8-21(28)25-18-7-4-6-17(12-18)16(3)27/h4,6-7,10-12H,5,8-9,13H2,1-3H3,(H,25,28)(H,26,29). The van der Waals surface area contributed by atoms with Crippen molar-refractivity contribution < 1.29 is 23.9 Å². The first-order valence-corrected chi connectivity index (χ1v) is 10.6. The lowest BCUT2D eigenvalue weighted by atomic mass is 10.1. The number of carbonyl (C=O) groups is 4. The van der Waals surface area contributed by atoms with Crippen LogP contribution in [0.3, 0.4) is 0 Å². The summed E-state index contributed by atoms with van der Waals surface area (Å²) in [7, 11) is 0. The van der Waals surface area contributed by atoms with E-state index in [9.17, 15) is 19.2 Å². The number of benzene rings is 2. The summed E-state index contributed by atoms with van der Waals surface area (Å²) in [6, 6.07) is 10.4. The molecule has 0 radical (unpaired) electrons. The Balaban J connectivity index is 1.70. The molecular weight excluding hydrogens is 464 g/mol. The van der Waals surface area contributed by atoms with Crippen LogP contribution < -0.4 is 10.6 Å². The molecule has 164 valence electrons. The van der Waals surface area contributed by atoms with Gasteiger partial charge in [-0.3, -0.25) is 19.2 Å². The predicted octanol–water partition coefficient (Wildman–Crippen LogP) is 4.56. The van der Waals surface area contributed by atoms with Crippen LogP contribution >= 0.6 is 15.9 Å². The van der Waals surface area contributed by atoms with Crippen LogP contribution in [0.4, 0.5) is 11.4 Å². The lowest BCUT2D eigenvalue weighted by molar-refractivity contribution is -0.147. The van der Waals surface area contributed by atoms with E-state index in [0.717, 1.165) is 15.6 Å². The van der Waals surface area contributed by atoms with E-state index in [4.69, 9.17) is 4.74 Å². The van der Waals surface area contributed by atoms with Crippen LogP contribution in [0, 0.1) is 13.8 Å². The maximum absolute atomic E-state index is 12.0. The number of ether oxygens (including phenoxy) is 1. The van der Waals surface area contributed by atoms with E-state index in [1.807, 2.05) is 26.0 Å². The molecule has 7 nitrogen and oxygen atoms in total. The Hall–Kier alpha value is -3.00.